The lowest BCUT2D eigenvalue weighted by Crippen LogP contribution is -2.37. The lowest BCUT2D eigenvalue weighted by atomic mass is 9.83. The van der Waals surface area contributed by atoms with Crippen LogP contribution in [-0.2, 0) is 11.3 Å². The average molecular weight is 334 g/mol. The van der Waals surface area contributed by atoms with E-state index in [1.165, 1.54) is 12.8 Å². The van der Waals surface area contributed by atoms with Gasteiger partial charge in [0.15, 0.2) is 0 Å². The summed E-state index contributed by atoms with van der Waals surface area (Å²) in [5, 5.41) is 0. The lowest BCUT2D eigenvalue weighted by Gasteiger charge is -2.29. The van der Waals surface area contributed by atoms with E-state index in [0.29, 0.717) is 18.9 Å². The summed E-state index contributed by atoms with van der Waals surface area (Å²) in [7, 11) is 1.84. The number of pyridine rings is 1. The van der Waals surface area contributed by atoms with Crippen molar-refractivity contribution in [3.05, 3.63) is 30.1 Å². The molecule has 2 rings (SSSR count). The predicted molar refractivity (Wildman–Crippen MR) is 89.8 cm³/mol. The van der Waals surface area contributed by atoms with Crippen LogP contribution in [0.25, 0.3) is 0 Å². The van der Waals surface area contributed by atoms with Gasteiger partial charge in [0.25, 0.3) is 0 Å². The minimum absolute atomic E-state index is 0. The third-order valence-corrected chi connectivity index (χ3v) is 3.96. The first-order valence-corrected chi connectivity index (χ1v) is 7.06. The highest BCUT2D eigenvalue weighted by Gasteiger charge is 2.25. The molecule has 2 N–H and O–H groups in total. The Kier molecular flexibility index (Phi) is 9.58. The van der Waals surface area contributed by atoms with Crippen molar-refractivity contribution in [2.75, 3.05) is 7.05 Å². The van der Waals surface area contributed by atoms with E-state index >= 15 is 0 Å². The minimum atomic E-state index is 0. The van der Waals surface area contributed by atoms with Crippen LogP contribution in [0.1, 0.15) is 37.8 Å². The van der Waals surface area contributed by atoms with E-state index in [1.807, 2.05) is 25.2 Å². The number of carbonyl (C=O) groups excluding carboxylic acids is 1. The van der Waals surface area contributed by atoms with Crippen molar-refractivity contribution < 1.29 is 4.79 Å². The molecule has 1 amide bonds. The first-order chi connectivity index (χ1) is 9.16. The number of carbonyl (C=O) groups is 1. The van der Waals surface area contributed by atoms with Crippen LogP contribution >= 0.6 is 24.8 Å². The van der Waals surface area contributed by atoms with Gasteiger partial charge in [-0.1, -0.05) is 18.9 Å². The van der Waals surface area contributed by atoms with Crippen LogP contribution in [-0.4, -0.2) is 28.9 Å². The highest BCUT2D eigenvalue weighted by molar-refractivity contribution is 5.85. The fourth-order valence-corrected chi connectivity index (χ4v) is 2.69. The molecule has 0 bridgehead atoms. The van der Waals surface area contributed by atoms with E-state index in [2.05, 4.69) is 4.98 Å². The van der Waals surface area contributed by atoms with Crippen molar-refractivity contribution in [3.63, 3.8) is 0 Å². The second kappa shape index (κ2) is 9.98. The Morgan fingerprint density at radius 1 is 1.33 bits per heavy atom. The van der Waals surface area contributed by atoms with Crippen LogP contribution in [0.4, 0.5) is 0 Å². The summed E-state index contributed by atoms with van der Waals surface area (Å²) < 4.78 is 0. The fraction of sp³-hybridized carbons (Fsp3) is 0.600. The molecule has 1 fully saturated rings. The summed E-state index contributed by atoms with van der Waals surface area (Å²) in [6, 6.07) is 5.96. The molecule has 0 spiro atoms. The molecule has 1 aliphatic rings. The molecule has 21 heavy (non-hydrogen) atoms. The van der Waals surface area contributed by atoms with Crippen molar-refractivity contribution in [2.45, 2.75) is 44.7 Å². The van der Waals surface area contributed by atoms with Crippen molar-refractivity contribution in [1.82, 2.24) is 9.88 Å². The summed E-state index contributed by atoms with van der Waals surface area (Å²) in [4.78, 5) is 18.2. The Morgan fingerprint density at radius 2 is 2.05 bits per heavy atom. The summed E-state index contributed by atoms with van der Waals surface area (Å²) in [6.07, 6.45) is 6.88. The first kappa shape index (κ1) is 20.2. The molecule has 0 radical (unpaired) electrons. The number of hydrogen-bond donors (Lipinski definition) is 1. The predicted octanol–water partition coefficient (Wildman–Crippen LogP) is 2.79. The molecule has 120 valence electrons. The maximum Gasteiger partial charge on any atom is 0.222 e. The molecule has 1 aromatic heterocycles. The van der Waals surface area contributed by atoms with Gasteiger partial charge in [-0.15, -0.1) is 24.8 Å². The Labute approximate surface area is 139 Å². The number of nitrogens with zero attached hydrogens (tertiary/aromatic N) is 2. The Bertz CT molecular complexity index is 417. The number of nitrogens with two attached hydrogens (primary N) is 1. The molecule has 6 heteroatoms. The summed E-state index contributed by atoms with van der Waals surface area (Å²) >= 11 is 0. The van der Waals surface area contributed by atoms with Crippen molar-refractivity contribution in [3.8, 4) is 0 Å². The number of hydrogen-bond acceptors (Lipinski definition) is 3. The van der Waals surface area contributed by atoms with E-state index in [0.717, 1.165) is 18.5 Å². The topological polar surface area (TPSA) is 59.2 Å². The molecule has 2 atom stereocenters. The minimum Gasteiger partial charge on any atom is -0.340 e. The van der Waals surface area contributed by atoms with E-state index in [-0.39, 0.29) is 36.8 Å². The lowest BCUT2D eigenvalue weighted by molar-refractivity contribution is -0.131. The van der Waals surface area contributed by atoms with Gasteiger partial charge in [-0.2, -0.15) is 0 Å². The SMILES string of the molecule is CN(Cc1ccccn1)C(=O)CC1CCCCC1N.Cl.Cl. The van der Waals surface area contributed by atoms with Gasteiger partial charge in [0, 0.05) is 25.7 Å². The zero-order chi connectivity index (χ0) is 13.7. The number of amides is 1. The van der Waals surface area contributed by atoms with Gasteiger partial charge in [-0.25, -0.2) is 0 Å². The second-order valence-corrected chi connectivity index (χ2v) is 5.48. The number of rotatable bonds is 4. The van der Waals surface area contributed by atoms with Gasteiger partial charge in [-0.05, 0) is 30.9 Å². The maximum absolute atomic E-state index is 12.2. The average Bonchev–Trinajstić information content (AvgIpc) is 2.42. The van der Waals surface area contributed by atoms with Crippen molar-refractivity contribution in [2.24, 2.45) is 11.7 Å². The molecular formula is C15H25Cl2N3O. The van der Waals surface area contributed by atoms with Crippen molar-refractivity contribution in [1.29, 1.82) is 0 Å². The second-order valence-electron chi connectivity index (χ2n) is 5.48. The Hall–Kier alpha value is -0.840. The van der Waals surface area contributed by atoms with Crippen LogP contribution in [0.15, 0.2) is 24.4 Å². The monoisotopic (exact) mass is 333 g/mol. The van der Waals surface area contributed by atoms with Crippen LogP contribution in [0.3, 0.4) is 0 Å². The molecule has 4 nitrogen and oxygen atoms in total. The van der Waals surface area contributed by atoms with Gasteiger partial charge in [0.2, 0.25) is 5.91 Å². The molecule has 2 unspecified atom stereocenters. The molecule has 0 saturated heterocycles. The highest BCUT2D eigenvalue weighted by atomic mass is 35.5. The summed E-state index contributed by atoms with van der Waals surface area (Å²) in [5.41, 5.74) is 7.02. The van der Waals surface area contributed by atoms with Crippen LogP contribution in [0.2, 0.25) is 0 Å². The smallest absolute Gasteiger partial charge is 0.222 e. The molecule has 1 aromatic rings. The van der Waals surface area contributed by atoms with Gasteiger partial charge in [0.05, 0.1) is 12.2 Å². The third kappa shape index (κ3) is 6.20. The molecule has 1 heterocycles. The summed E-state index contributed by atoms with van der Waals surface area (Å²) in [6.45, 7) is 0.571. The molecule has 1 saturated carbocycles. The maximum atomic E-state index is 12.2. The zero-order valence-electron chi connectivity index (χ0n) is 12.4. The largest absolute Gasteiger partial charge is 0.340 e. The van der Waals surface area contributed by atoms with Crippen molar-refractivity contribution >= 4 is 30.7 Å². The van der Waals surface area contributed by atoms with Crippen LogP contribution in [0.5, 0.6) is 0 Å². The molecular weight excluding hydrogens is 309 g/mol. The van der Waals surface area contributed by atoms with E-state index in [4.69, 9.17) is 5.73 Å². The van der Waals surface area contributed by atoms with Gasteiger partial charge >= 0.3 is 0 Å². The quantitative estimate of drug-likeness (QED) is 0.921. The Balaban J connectivity index is 0.00000200. The normalized spacial score (nSPS) is 20.9. The van der Waals surface area contributed by atoms with Gasteiger partial charge < -0.3 is 10.6 Å². The molecule has 0 aromatic carbocycles. The van der Waals surface area contributed by atoms with Crippen LogP contribution in [0, 0.1) is 5.92 Å². The van der Waals surface area contributed by atoms with Gasteiger partial charge in [-0.3, -0.25) is 9.78 Å². The molecule has 1 aliphatic carbocycles. The number of aromatic nitrogens is 1. The van der Waals surface area contributed by atoms with E-state index < -0.39 is 0 Å². The standard InChI is InChI=1S/C15H23N3O.2ClH/c1-18(11-13-7-4-5-9-17-13)15(19)10-12-6-2-3-8-14(12)16;;/h4-5,7,9,12,14H,2-3,6,8,10-11,16H2,1H3;2*1H. The zero-order valence-corrected chi connectivity index (χ0v) is 14.0. The first-order valence-electron chi connectivity index (χ1n) is 7.06. The van der Waals surface area contributed by atoms with E-state index in [9.17, 15) is 4.79 Å². The highest BCUT2D eigenvalue weighted by Crippen LogP contribution is 2.26. The van der Waals surface area contributed by atoms with Crippen LogP contribution < -0.4 is 5.73 Å². The number of halogens is 2. The summed E-state index contributed by atoms with van der Waals surface area (Å²) in [5.74, 6) is 0.528. The fourth-order valence-electron chi connectivity index (χ4n) is 2.69. The molecule has 0 aliphatic heterocycles. The van der Waals surface area contributed by atoms with Gasteiger partial charge in [0.1, 0.15) is 0 Å². The Morgan fingerprint density at radius 3 is 2.67 bits per heavy atom. The van der Waals surface area contributed by atoms with E-state index in [1.54, 1.807) is 11.1 Å². The third-order valence-electron chi connectivity index (χ3n) is 3.96.